The van der Waals surface area contributed by atoms with Crippen LogP contribution in [0.4, 0.5) is 4.39 Å². The number of piperidine rings is 1. The average Bonchev–Trinajstić information content (AvgIpc) is 3.03. The minimum absolute atomic E-state index is 0.00472. The van der Waals surface area contributed by atoms with Crippen molar-refractivity contribution in [2.24, 2.45) is 0 Å². The second kappa shape index (κ2) is 7.28. The van der Waals surface area contributed by atoms with Gasteiger partial charge in [0.1, 0.15) is 11.9 Å². The van der Waals surface area contributed by atoms with E-state index in [1.807, 2.05) is 4.90 Å². The lowest BCUT2D eigenvalue weighted by molar-refractivity contribution is 0.0595. The fourth-order valence-corrected chi connectivity index (χ4v) is 4.23. The fourth-order valence-electron chi connectivity index (χ4n) is 2.96. The number of pyridine rings is 1. The zero-order chi connectivity index (χ0) is 18.1. The Kier molecular flexibility index (Phi) is 4.86. The van der Waals surface area contributed by atoms with E-state index in [2.05, 4.69) is 25.9 Å². The first kappa shape index (κ1) is 17.4. The molecule has 0 N–H and O–H groups in total. The molecule has 8 heteroatoms. The van der Waals surface area contributed by atoms with Crippen molar-refractivity contribution in [1.29, 1.82) is 0 Å². The summed E-state index contributed by atoms with van der Waals surface area (Å²) in [5.41, 5.74) is 1.31. The molecule has 0 spiro atoms. The number of carbonyl (C=O) groups is 1. The van der Waals surface area contributed by atoms with Crippen molar-refractivity contribution in [3.63, 3.8) is 0 Å². The summed E-state index contributed by atoms with van der Waals surface area (Å²) in [5, 5.41) is 0.548. The maximum Gasteiger partial charge on any atom is 0.274 e. The van der Waals surface area contributed by atoms with Gasteiger partial charge in [-0.05, 0) is 40.2 Å². The van der Waals surface area contributed by atoms with E-state index in [0.29, 0.717) is 23.8 Å². The van der Waals surface area contributed by atoms with E-state index >= 15 is 0 Å². The maximum absolute atomic E-state index is 13.3. The highest BCUT2D eigenvalue weighted by Gasteiger charge is 2.25. The highest BCUT2D eigenvalue weighted by Crippen LogP contribution is 2.30. The Balaban J connectivity index is 1.37. The molecule has 0 bridgehead atoms. The van der Waals surface area contributed by atoms with Crippen molar-refractivity contribution in [2.45, 2.75) is 18.9 Å². The van der Waals surface area contributed by atoms with Gasteiger partial charge in [-0.1, -0.05) is 11.3 Å². The van der Waals surface area contributed by atoms with Crippen LogP contribution in [0, 0.1) is 5.82 Å². The number of rotatable bonds is 3. The molecule has 5 nitrogen and oxygen atoms in total. The van der Waals surface area contributed by atoms with Gasteiger partial charge < -0.3 is 9.64 Å². The van der Waals surface area contributed by atoms with Crippen LogP contribution in [0.2, 0.25) is 0 Å². The van der Waals surface area contributed by atoms with E-state index in [9.17, 15) is 9.18 Å². The highest BCUT2D eigenvalue weighted by molar-refractivity contribution is 9.10. The van der Waals surface area contributed by atoms with Crippen molar-refractivity contribution in [3.05, 3.63) is 52.5 Å². The van der Waals surface area contributed by atoms with E-state index in [4.69, 9.17) is 4.74 Å². The molecular weight excluding hydrogens is 421 g/mol. The standard InChI is InChI=1S/C18H15BrFN3O2S/c19-12-7-11(9-21-10-12)17(24)23-5-3-14(4-6-23)25-18-22-15-2-1-13(20)8-16(15)26-18/h1-2,7-10,14H,3-6H2. The van der Waals surface area contributed by atoms with Gasteiger partial charge in [-0.25, -0.2) is 9.37 Å². The van der Waals surface area contributed by atoms with Crippen LogP contribution in [0.3, 0.4) is 0 Å². The Labute approximate surface area is 162 Å². The van der Waals surface area contributed by atoms with Gasteiger partial charge >= 0.3 is 0 Å². The molecule has 0 aliphatic carbocycles. The Morgan fingerprint density at radius 3 is 2.85 bits per heavy atom. The SMILES string of the molecule is O=C(c1cncc(Br)c1)N1CCC(Oc2nc3ccc(F)cc3s2)CC1. The molecule has 4 rings (SSSR count). The molecule has 1 fully saturated rings. The maximum atomic E-state index is 13.3. The number of aromatic nitrogens is 2. The van der Waals surface area contributed by atoms with Crippen LogP contribution in [-0.2, 0) is 0 Å². The van der Waals surface area contributed by atoms with Crippen LogP contribution in [0.1, 0.15) is 23.2 Å². The Hall–Kier alpha value is -2.06. The van der Waals surface area contributed by atoms with Crippen LogP contribution in [0.5, 0.6) is 5.19 Å². The fraction of sp³-hybridized carbons (Fsp3) is 0.278. The summed E-state index contributed by atoms with van der Waals surface area (Å²) >= 11 is 4.68. The molecule has 3 heterocycles. The van der Waals surface area contributed by atoms with Crippen molar-refractivity contribution in [1.82, 2.24) is 14.9 Å². The molecule has 2 aromatic heterocycles. The van der Waals surface area contributed by atoms with E-state index < -0.39 is 0 Å². The van der Waals surface area contributed by atoms with Gasteiger partial charge in [0, 0.05) is 42.8 Å². The van der Waals surface area contributed by atoms with Gasteiger partial charge in [-0.15, -0.1) is 0 Å². The lowest BCUT2D eigenvalue weighted by Crippen LogP contribution is -2.41. The third-order valence-corrected chi connectivity index (χ3v) is 5.62. The number of nitrogens with zero attached hydrogens (tertiary/aromatic N) is 3. The third kappa shape index (κ3) is 3.71. The van der Waals surface area contributed by atoms with Crippen molar-refractivity contribution in [3.8, 4) is 5.19 Å². The molecular formula is C18H15BrFN3O2S. The topological polar surface area (TPSA) is 55.3 Å². The number of ether oxygens (including phenoxy) is 1. The van der Waals surface area contributed by atoms with Crippen LogP contribution in [-0.4, -0.2) is 40.0 Å². The summed E-state index contributed by atoms with van der Waals surface area (Å²) in [6.45, 7) is 1.24. The molecule has 134 valence electrons. The summed E-state index contributed by atoms with van der Waals surface area (Å²) in [6.07, 6.45) is 4.70. The van der Waals surface area contributed by atoms with Crippen molar-refractivity contribution in [2.75, 3.05) is 13.1 Å². The van der Waals surface area contributed by atoms with E-state index in [0.717, 1.165) is 27.5 Å². The average molecular weight is 436 g/mol. The monoisotopic (exact) mass is 435 g/mol. The molecule has 1 aromatic carbocycles. The lowest BCUT2D eigenvalue weighted by Gasteiger charge is -2.31. The zero-order valence-corrected chi connectivity index (χ0v) is 16.1. The van der Waals surface area contributed by atoms with Gasteiger partial charge in [-0.2, -0.15) is 0 Å². The minimum atomic E-state index is -0.276. The Bertz CT molecular complexity index is 957. The zero-order valence-electron chi connectivity index (χ0n) is 13.7. The van der Waals surface area contributed by atoms with Gasteiger partial charge in [0.25, 0.3) is 11.1 Å². The largest absolute Gasteiger partial charge is 0.467 e. The number of halogens is 2. The van der Waals surface area contributed by atoms with Gasteiger partial charge in [-0.3, -0.25) is 9.78 Å². The van der Waals surface area contributed by atoms with Crippen LogP contribution in [0.15, 0.2) is 41.1 Å². The van der Waals surface area contributed by atoms with Crippen molar-refractivity contribution >= 4 is 43.4 Å². The Morgan fingerprint density at radius 1 is 1.27 bits per heavy atom. The van der Waals surface area contributed by atoms with Gasteiger partial charge in [0.15, 0.2) is 0 Å². The number of hydrogen-bond acceptors (Lipinski definition) is 5. The predicted molar refractivity (Wildman–Crippen MR) is 101 cm³/mol. The number of likely N-dealkylation sites (tertiary alicyclic amines) is 1. The predicted octanol–water partition coefficient (Wildman–Crippen LogP) is 4.28. The molecule has 0 unspecified atom stereocenters. The number of hydrogen-bond donors (Lipinski definition) is 0. The minimum Gasteiger partial charge on any atom is -0.467 e. The molecule has 26 heavy (non-hydrogen) atoms. The van der Waals surface area contributed by atoms with Gasteiger partial charge in [0.05, 0.1) is 15.8 Å². The molecule has 0 radical (unpaired) electrons. The van der Waals surface area contributed by atoms with Crippen molar-refractivity contribution < 1.29 is 13.9 Å². The summed E-state index contributed by atoms with van der Waals surface area (Å²) in [7, 11) is 0. The number of carbonyl (C=O) groups excluding carboxylic acids is 1. The second-order valence-corrected chi connectivity index (χ2v) is 8.00. The number of thiazole rings is 1. The Morgan fingerprint density at radius 2 is 2.08 bits per heavy atom. The van der Waals surface area contributed by atoms with Crippen LogP contribution >= 0.6 is 27.3 Å². The molecule has 0 saturated carbocycles. The second-order valence-electron chi connectivity index (χ2n) is 6.09. The summed E-state index contributed by atoms with van der Waals surface area (Å²) in [4.78, 5) is 22.8. The summed E-state index contributed by atoms with van der Waals surface area (Å²) in [5.74, 6) is -0.297. The van der Waals surface area contributed by atoms with E-state index in [1.165, 1.54) is 23.5 Å². The van der Waals surface area contributed by atoms with Crippen LogP contribution < -0.4 is 4.74 Å². The first-order chi connectivity index (χ1) is 12.6. The third-order valence-electron chi connectivity index (χ3n) is 4.28. The molecule has 0 atom stereocenters. The number of fused-ring (bicyclic) bond motifs is 1. The molecule has 1 amide bonds. The smallest absolute Gasteiger partial charge is 0.274 e. The molecule has 1 saturated heterocycles. The molecule has 1 aliphatic heterocycles. The first-order valence-electron chi connectivity index (χ1n) is 8.21. The van der Waals surface area contributed by atoms with Gasteiger partial charge in [0.2, 0.25) is 0 Å². The molecule has 3 aromatic rings. The quantitative estimate of drug-likeness (QED) is 0.615. The summed E-state index contributed by atoms with van der Waals surface area (Å²) < 4.78 is 20.8. The number of benzene rings is 1. The van der Waals surface area contributed by atoms with Crippen LogP contribution in [0.25, 0.3) is 10.2 Å². The first-order valence-corrected chi connectivity index (χ1v) is 9.82. The lowest BCUT2D eigenvalue weighted by atomic mass is 10.1. The highest BCUT2D eigenvalue weighted by atomic mass is 79.9. The number of amides is 1. The van der Waals surface area contributed by atoms with E-state index in [-0.39, 0.29) is 17.8 Å². The van der Waals surface area contributed by atoms with E-state index in [1.54, 1.807) is 24.5 Å². The molecule has 1 aliphatic rings. The summed E-state index contributed by atoms with van der Waals surface area (Å²) in [6, 6.07) is 6.29. The normalized spacial score (nSPS) is 15.4.